The second-order valence-corrected chi connectivity index (χ2v) is 12.6. The van der Waals surface area contributed by atoms with Gasteiger partial charge in [-0.2, -0.15) is 0 Å². The molecule has 2 aromatic heterocycles. The van der Waals surface area contributed by atoms with Crippen LogP contribution in [0.5, 0.6) is 0 Å². The lowest BCUT2D eigenvalue weighted by Crippen LogP contribution is -2.58. The van der Waals surface area contributed by atoms with Gasteiger partial charge in [0.05, 0.1) is 24.7 Å². The van der Waals surface area contributed by atoms with E-state index in [1.807, 2.05) is 6.92 Å². The first-order valence-corrected chi connectivity index (χ1v) is 14.1. The molecule has 2 fully saturated rings. The zero-order valence-corrected chi connectivity index (χ0v) is 22.6. The van der Waals surface area contributed by atoms with Gasteiger partial charge < -0.3 is 25.3 Å². The van der Waals surface area contributed by atoms with Gasteiger partial charge >= 0.3 is 0 Å². The molecule has 3 aliphatic rings. The maximum absolute atomic E-state index is 13.6. The number of aromatic nitrogens is 1. The molecule has 1 aliphatic heterocycles. The molecule has 11 heteroatoms. The number of aliphatic hydroxyl groups is 2. The van der Waals surface area contributed by atoms with Gasteiger partial charge in [-0.1, -0.05) is 13.8 Å². The molecule has 2 aliphatic carbocycles. The van der Waals surface area contributed by atoms with E-state index in [4.69, 9.17) is 15.1 Å². The highest BCUT2D eigenvalue weighted by Crippen LogP contribution is 2.63. The van der Waals surface area contributed by atoms with Crippen molar-refractivity contribution in [3.05, 3.63) is 34.7 Å². The van der Waals surface area contributed by atoms with E-state index >= 15 is 0 Å². The molecule has 5 rings (SSSR count). The van der Waals surface area contributed by atoms with Crippen LogP contribution in [0.3, 0.4) is 0 Å². The minimum absolute atomic E-state index is 0.00302. The summed E-state index contributed by atoms with van der Waals surface area (Å²) >= 11 is 1.37. The highest BCUT2D eigenvalue weighted by Gasteiger charge is 2.59. The van der Waals surface area contributed by atoms with Gasteiger partial charge in [-0.05, 0) is 55.6 Å². The Hall–Kier alpha value is -2.76. The minimum Gasteiger partial charge on any atom is -0.459 e. The molecule has 0 unspecified atom stereocenters. The van der Waals surface area contributed by atoms with E-state index in [2.05, 4.69) is 12.2 Å². The second kappa shape index (κ2) is 10.1. The Labute approximate surface area is 225 Å². The summed E-state index contributed by atoms with van der Waals surface area (Å²) in [6.45, 7) is 4.89. The molecule has 1 saturated carbocycles. The average molecular weight is 545 g/mol. The monoisotopic (exact) mass is 544 g/mol. The number of piperidine rings is 1. The fraction of sp³-hybridized carbons (Fsp3) is 0.630. The fourth-order valence-electron chi connectivity index (χ4n) is 6.98. The van der Waals surface area contributed by atoms with Crippen molar-refractivity contribution in [2.75, 3.05) is 25.0 Å². The van der Waals surface area contributed by atoms with Gasteiger partial charge in [0.25, 0.3) is 5.91 Å². The van der Waals surface area contributed by atoms with Crippen LogP contribution < -0.4 is 11.1 Å². The summed E-state index contributed by atoms with van der Waals surface area (Å²) in [5.74, 6) is -1.07. The van der Waals surface area contributed by atoms with Crippen molar-refractivity contribution in [3.63, 3.8) is 0 Å². The zero-order chi connectivity index (χ0) is 27.2. The summed E-state index contributed by atoms with van der Waals surface area (Å²) in [5.41, 5.74) is 5.16. The SMILES string of the molecule is C[C@]1(CO)[C@H]2Cc3sc(NC(=O)c4ccco4)nc3[C@@H](CC(=O)N3CCC(C(N)=O)CC3)[C@]2(C)CC[C@H]1O. The Balaban J connectivity index is 1.46. The molecule has 0 spiro atoms. The van der Waals surface area contributed by atoms with E-state index in [1.165, 1.54) is 17.6 Å². The third-order valence-electron chi connectivity index (χ3n) is 9.49. The van der Waals surface area contributed by atoms with Crippen molar-refractivity contribution in [1.29, 1.82) is 0 Å². The number of carbonyl (C=O) groups is 3. The number of amides is 3. The van der Waals surface area contributed by atoms with E-state index in [1.54, 1.807) is 17.0 Å². The summed E-state index contributed by atoms with van der Waals surface area (Å²) < 4.78 is 5.21. The van der Waals surface area contributed by atoms with Gasteiger partial charge in [0, 0.05) is 41.6 Å². The van der Waals surface area contributed by atoms with Gasteiger partial charge in [0.1, 0.15) is 0 Å². The average Bonchev–Trinajstić information content (AvgIpc) is 3.58. The van der Waals surface area contributed by atoms with E-state index < -0.39 is 17.4 Å². The van der Waals surface area contributed by atoms with Gasteiger partial charge in [-0.15, -0.1) is 11.3 Å². The molecule has 38 heavy (non-hydrogen) atoms. The molecular formula is C27H36N4O6S. The Kier molecular flexibility index (Phi) is 7.12. The van der Waals surface area contributed by atoms with Gasteiger partial charge in [0.15, 0.2) is 10.9 Å². The number of nitrogens with two attached hydrogens (primary N) is 1. The van der Waals surface area contributed by atoms with Gasteiger partial charge in [-0.25, -0.2) is 4.98 Å². The number of carbonyl (C=O) groups excluding carboxylic acids is 3. The highest BCUT2D eigenvalue weighted by atomic mass is 32.1. The van der Waals surface area contributed by atoms with Crippen molar-refractivity contribution in [1.82, 2.24) is 9.88 Å². The first kappa shape index (κ1) is 26.8. The van der Waals surface area contributed by atoms with Gasteiger partial charge in [0.2, 0.25) is 11.8 Å². The van der Waals surface area contributed by atoms with Crippen molar-refractivity contribution >= 4 is 34.2 Å². The lowest BCUT2D eigenvalue weighted by Gasteiger charge is -2.58. The lowest BCUT2D eigenvalue weighted by molar-refractivity contribution is -0.148. The Morgan fingerprint density at radius 2 is 2.00 bits per heavy atom. The number of thiazole rings is 1. The third kappa shape index (κ3) is 4.54. The maximum atomic E-state index is 13.6. The van der Waals surface area contributed by atoms with Crippen LogP contribution in [-0.2, 0) is 16.0 Å². The smallest absolute Gasteiger partial charge is 0.293 e. The minimum atomic E-state index is -0.729. The molecule has 3 heterocycles. The molecule has 10 nitrogen and oxygen atoms in total. The number of hydrogen-bond acceptors (Lipinski definition) is 8. The van der Waals surface area contributed by atoms with Crippen LogP contribution in [0.4, 0.5) is 5.13 Å². The predicted molar refractivity (Wildman–Crippen MR) is 140 cm³/mol. The largest absolute Gasteiger partial charge is 0.459 e. The molecule has 0 bridgehead atoms. The van der Waals surface area contributed by atoms with E-state index in [9.17, 15) is 24.6 Å². The van der Waals surface area contributed by atoms with Crippen LogP contribution in [0.2, 0.25) is 0 Å². The number of rotatable bonds is 6. The van der Waals surface area contributed by atoms with Crippen LogP contribution in [0.25, 0.3) is 0 Å². The normalized spacial score (nSPS) is 31.4. The molecule has 0 radical (unpaired) electrons. The van der Waals surface area contributed by atoms with E-state index in [-0.39, 0.29) is 53.8 Å². The molecule has 2 aromatic rings. The molecule has 0 aromatic carbocycles. The summed E-state index contributed by atoms with van der Waals surface area (Å²) in [4.78, 5) is 45.4. The summed E-state index contributed by atoms with van der Waals surface area (Å²) in [7, 11) is 0. The lowest BCUT2D eigenvalue weighted by atomic mass is 9.47. The van der Waals surface area contributed by atoms with Gasteiger partial charge in [-0.3, -0.25) is 19.7 Å². The number of primary amides is 1. The summed E-state index contributed by atoms with van der Waals surface area (Å²) in [6, 6.07) is 3.22. The number of nitrogens with zero attached hydrogens (tertiary/aromatic N) is 2. The molecule has 1 saturated heterocycles. The van der Waals surface area contributed by atoms with Crippen molar-refractivity contribution < 1.29 is 29.0 Å². The van der Waals surface area contributed by atoms with Crippen molar-refractivity contribution in [3.8, 4) is 0 Å². The number of nitrogens with one attached hydrogen (secondary N) is 1. The molecule has 206 valence electrons. The number of hydrogen-bond donors (Lipinski definition) is 4. The second-order valence-electron chi connectivity index (χ2n) is 11.6. The third-order valence-corrected chi connectivity index (χ3v) is 10.5. The quantitative estimate of drug-likeness (QED) is 0.435. The predicted octanol–water partition coefficient (Wildman–Crippen LogP) is 2.52. The standard InChI is InChI=1S/C27H36N4O6S/c1-26-8-5-20(33)27(2,14-32)19(26)13-18-22(29-25(38-18)30-24(36)17-4-3-11-37-17)16(26)12-21(34)31-9-6-15(7-10-31)23(28)35/h3-4,11,15-16,19-20,32-33H,5-10,12-14H2,1-2H3,(H2,28,35)(H,29,30,36)/t16-,19+,20-,26+,27+/m1/s1. The fourth-order valence-corrected chi connectivity index (χ4v) is 8.05. The van der Waals surface area contributed by atoms with E-state index in [0.29, 0.717) is 50.3 Å². The topological polar surface area (TPSA) is 159 Å². The first-order chi connectivity index (χ1) is 18.1. The van der Waals surface area contributed by atoms with Crippen LogP contribution in [0, 0.1) is 22.7 Å². The molecule has 3 amide bonds. The van der Waals surface area contributed by atoms with Crippen LogP contribution >= 0.6 is 11.3 Å². The number of anilines is 1. The molecule has 5 atom stereocenters. The van der Waals surface area contributed by atoms with Crippen molar-refractivity contribution in [2.24, 2.45) is 28.4 Å². The Morgan fingerprint density at radius 3 is 2.63 bits per heavy atom. The Bertz CT molecular complexity index is 1210. The summed E-state index contributed by atoms with van der Waals surface area (Å²) in [5, 5.41) is 24.7. The number of aliphatic hydroxyl groups excluding tert-OH is 2. The number of furan rings is 1. The molecular weight excluding hydrogens is 508 g/mol. The number of fused-ring (bicyclic) bond motifs is 2. The zero-order valence-electron chi connectivity index (χ0n) is 21.8. The van der Waals surface area contributed by atoms with Crippen LogP contribution in [0.1, 0.15) is 73.0 Å². The first-order valence-electron chi connectivity index (χ1n) is 13.3. The maximum Gasteiger partial charge on any atom is 0.293 e. The summed E-state index contributed by atoms with van der Waals surface area (Å²) in [6.07, 6.45) is 3.96. The van der Waals surface area contributed by atoms with Crippen LogP contribution in [0.15, 0.2) is 22.8 Å². The van der Waals surface area contributed by atoms with E-state index in [0.717, 1.165) is 10.6 Å². The van der Waals surface area contributed by atoms with Crippen LogP contribution in [-0.4, -0.2) is 63.6 Å². The highest BCUT2D eigenvalue weighted by molar-refractivity contribution is 7.15. The molecule has 5 N–H and O–H groups in total. The number of likely N-dealkylation sites (tertiary alicyclic amines) is 1. The Morgan fingerprint density at radius 1 is 1.26 bits per heavy atom. The van der Waals surface area contributed by atoms with Crippen molar-refractivity contribution in [2.45, 2.75) is 64.4 Å².